The Morgan fingerprint density at radius 2 is 1.94 bits per heavy atom. The number of carbonyl (C=O) groups excluding carboxylic acids is 1. The van der Waals surface area contributed by atoms with Gasteiger partial charge in [-0.15, -0.1) is 0 Å². The van der Waals surface area contributed by atoms with Crippen LogP contribution < -0.4 is 9.47 Å². The van der Waals surface area contributed by atoms with Crippen molar-refractivity contribution in [3.8, 4) is 11.5 Å². The van der Waals surface area contributed by atoms with Crippen molar-refractivity contribution in [3.63, 3.8) is 0 Å². The van der Waals surface area contributed by atoms with Crippen LogP contribution in [0.25, 0.3) is 0 Å². The molecular weight excluding hydrogens is 232 g/mol. The molecular formula is C14H20O4. The van der Waals surface area contributed by atoms with Crippen LogP contribution in [-0.2, 0) is 4.74 Å². The van der Waals surface area contributed by atoms with Crippen molar-refractivity contribution in [1.29, 1.82) is 0 Å². The topological polar surface area (TPSA) is 44.8 Å². The van der Waals surface area contributed by atoms with Crippen LogP contribution in [-0.4, -0.2) is 26.8 Å². The van der Waals surface area contributed by atoms with Crippen LogP contribution in [0.3, 0.4) is 0 Å². The van der Waals surface area contributed by atoms with E-state index < -0.39 is 0 Å². The number of ether oxygens (including phenoxy) is 3. The summed E-state index contributed by atoms with van der Waals surface area (Å²) in [5.74, 6) is 1.39. The number of benzene rings is 1. The van der Waals surface area contributed by atoms with Crippen LogP contribution in [0.2, 0.25) is 0 Å². The maximum Gasteiger partial charge on any atom is 0.337 e. The Hall–Kier alpha value is -1.71. The van der Waals surface area contributed by atoms with E-state index in [0.717, 1.165) is 6.42 Å². The van der Waals surface area contributed by atoms with Gasteiger partial charge in [-0.2, -0.15) is 0 Å². The van der Waals surface area contributed by atoms with Gasteiger partial charge in [0.2, 0.25) is 0 Å². The highest BCUT2D eigenvalue weighted by Gasteiger charge is 2.11. The van der Waals surface area contributed by atoms with E-state index in [2.05, 4.69) is 18.6 Å². The second-order valence-corrected chi connectivity index (χ2v) is 4.39. The molecule has 100 valence electrons. The summed E-state index contributed by atoms with van der Waals surface area (Å²) >= 11 is 0. The lowest BCUT2D eigenvalue weighted by Gasteiger charge is -2.12. The summed E-state index contributed by atoms with van der Waals surface area (Å²) in [7, 11) is 2.90. The molecule has 0 heterocycles. The Kier molecular flexibility index (Phi) is 5.49. The minimum absolute atomic E-state index is 0.387. The van der Waals surface area contributed by atoms with Crippen molar-refractivity contribution in [2.24, 2.45) is 5.92 Å². The van der Waals surface area contributed by atoms with Crippen LogP contribution in [0.1, 0.15) is 30.6 Å². The van der Waals surface area contributed by atoms with Crippen molar-refractivity contribution >= 4 is 5.97 Å². The predicted octanol–water partition coefficient (Wildman–Crippen LogP) is 2.91. The van der Waals surface area contributed by atoms with Gasteiger partial charge in [0.25, 0.3) is 0 Å². The van der Waals surface area contributed by atoms with Crippen molar-refractivity contribution in [3.05, 3.63) is 23.8 Å². The van der Waals surface area contributed by atoms with Gasteiger partial charge in [0.1, 0.15) is 0 Å². The molecule has 0 amide bonds. The molecule has 4 heteroatoms. The van der Waals surface area contributed by atoms with Gasteiger partial charge >= 0.3 is 5.97 Å². The lowest BCUT2D eigenvalue weighted by molar-refractivity contribution is 0.0600. The molecule has 1 aromatic rings. The molecule has 1 aromatic carbocycles. The molecule has 0 bridgehead atoms. The number of carbonyl (C=O) groups is 1. The zero-order valence-electron chi connectivity index (χ0n) is 11.4. The summed E-state index contributed by atoms with van der Waals surface area (Å²) in [6.07, 6.45) is 0.974. The molecule has 0 aromatic heterocycles. The normalized spacial score (nSPS) is 10.3. The van der Waals surface area contributed by atoms with E-state index >= 15 is 0 Å². The molecule has 0 aliphatic carbocycles. The predicted molar refractivity (Wildman–Crippen MR) is 69.3 cm³/mol. The SMILES string of the molecule is COC(=O)c1ccc(OCCC(C)C)c(OC)c1. The van der Waals surface area contributed by atoms with Crippen LogP contribution in [0.4, 0.5) is 0 Å². The number of methoxy groups -OCH3 is 2. The van der Waals surface area contributed by atoms with E-state index in [1.165, 1.54) is 7.11 Å². The average molecular weight is 252 g/mol. The molecule has 1 rings (SSSR count). The summed E-state index contributed by atoms with van der Waals surface area (Å²) in [5.41, 5.74) is 0.450. The van der Waals surface area contributed by atoms with Crippen molar-refractivity contribution in [2.75, 3.05) is 20.8 Å². The third-order valence-corrected chi connectivity index (χ3v) is 2.54. The fraction of sp³-hybridized carbons (Fsp3) is 0.500. The van der Waals surface area contributed by atoms with Gasteiger partial charge in [0, 0.05) is 0 Å². The number of hydrogen-bond donors (Lipinski definition) is 0. The highest BCUT2D eigenvalue weighted by Crippen LogP contribution is 2.28. The van der Waals surface area contributed by atoms with E-state index in [0.29, 0.717) is 29.6 Å². The largest absolute Gasteiger partial charge is 0.493 e. The van der Waals surface area contributed by atoms with Gasteiger partial charge in [0.15, 0.2) is 11.5 Å². The second-order valence-electron chi connectivity index (χ2n) is 4.39. The zero-order chi connectivity index (χ0) is 13.5. The fourth-order valence-corrected chi connectivity index (χ4v) is 1.44. The van der Waals surface area contributed by atoms with E-state index in [9.17, 15) is 4.79 Å². The number of rotatable bonds is 6. The maximum atomic E-state index is 11.4. The zero-order valence-corrected chi connectivity index (χ0v) is 11.4. The molecule has 0 saturated heterocycles. The maximum absolute atomic E-state index is 11.4. The summed E-state index contributed by atoms with van der Waals surface area (Å²) in [4.78, 5) is 11.4. The second kappa shape index (κ2) is 6.89. The monoisotopic (exact) mass is 252 g/mol. The van der Waals surface area contributed by atoms with Gasteiger partial charge < -0.3 is 14.2 Å². The highest BCUT2D eigenvalue weighted by atomic mass is 16.5. The minimum atomic E-state index is -0.387. The number of esters is 1. The highest BCUT2D eigenvalue weighted by molar-refractivity contribution is 5.90. The van der Waals surface area contributed by atoms with Gasteiger partial charge in [-0.3, -0.25) is 0 Å². The Morgan fingerprint density at radius 3 is 2.50 bits per heavy atom. The van der Waals surface area contributed by atoms with E-state index in [1.807, 2.05) is 0 Å². The van der Waals surface area contributed by atoms with Gasteiger partial charge in [-0.05, 0) is 30.5 Å². The molecule has 0 aliphatic rings. The smallest absolute Gasteiger partial charge is 0.337 e. The quantitative estimate of drug-likeness (QED) is 0.730. The first-order chi connectivity index (χ1) is 8.58. The lowest BCUT2D eigenvalue weighted by atomic mass is 10.1. The molecule has 0 saturated carbocycles. The summed E-state index contributed by atoms with van der Waals surface area (Å²) < 4.78 is 15.5. The summed E-state index contributed by atoms with van der Waals surface area (Å²) in [6, 6.07) is 5.01. The first-order valence-corrected chi connectivity index (χ1v) is 5.97. The van der Waals surface area contributed by atoms with Crippen molar-refractivity contribution in [2.45, 2.75) is 20.3 Å². The molecule has 0 N–H and O–H groups in total. The van der Waals surface area contributed by atoms with Crippen LogP contribution >= 0.6 is 0 Å². The van der Waals surface area contributed by atoms with E-state index in [1.54, 1.807) is 25.3 Å². The van der Waals surface area contributed by atoms with Gasteiger partial charge in [-0.25, -0.2) is 4.79 Å². The molecule has 0 radical (unpaired) electrons. The molecule has 18 heavy (non-hydrogen) atoms. The summed E-state index contributed by atoms with van der Waals surface area (Å²) in [6.45, 7) is 4.91. The molecule has 0 fully saturated rings. The van der Waals surface area contributed by atoms with E-state index in [4.69, 9.17) is 9.47 Å². The number of hydrogen-bond acceptors (Lipinski definition) is 4. The van der Waals surface area contributed by atoms with Crippen LogP contribution in [0.5, 0.6) is 11.5 Å². The molecule has 0 atom stereocenters. The van der Waals surface area contributed by atoms with E-state index in [-0.39, 0.29) is 5.97 Å². The summed E-state index contributed by atoms with van der Waals surface area (Å²) in [5, 5.41) is 0. The lowest BCUT2D eigenvalue weighted by Crippen LogP contribution is -2.05. The third-order valence-electron chi connectivity index (χ3n) is 2.54. The van der Waals surface area contributed by atoms with Crippen molar-refractivity contribution in [1.82, 2.24) is 0 Å². The Balaban J connectivity index is 2.77. The molecule has 0 aliphatic heterocycles. The first-order valence-electron chi connectivity index (χ1n) is 5.97. The molecule has 0 unspecified atom stereocenters. The Morgan fingerprint density at radius 1 is 1.22 bits per heavy atom. The van der Waals surface area contributed by atoms with Gasteiger partial charge in [0.05, 0.1) is 26.4 Å². The molecule has 4 nitrogen and oxygen atoms in total. The average Bonchev–Trinajstić information content (AvgIpc) is 2.37. The third kappa shape index (κ3) is 3.95. The van der Waals surface area contributed by atoms with Gasteiger partial charge in [-0.1, -0.05) is 13.8 Å². The Bertz CT molecular complexity index is 399. The minimum Gasteiger partial charge on any atom is -0.493 e. The standard InChI is InChI=1S/C14H20O4/c1-10(2)7-8-18-12-6-5-11(14(15)17-4)9-13(12)16-3/h5-6,9-10H,7-8H2,1-4H3. The van der Waals surface area contributed by atoms with Crippen molar-refractivity contribution < 1.29 is 19.0 Å². The molecule has 0 spiro atoms. The van der Waals surface area contributed by atoms with Crippen LogP contribution in [0.15, 0.2) is 18.2 Å². The van der Waals surface area contributed by atoms with Crippen LogP contribution in [0, 0.1) is 5.92 Å². The fourth-order valence-electron chi connectivity index (χ4n) is 1.44. The first kappa shape index (κ1) is 14.4. The Labute approximate surface area is 108 Å².